The maximum absolute atomic E-state index is 12.2. The SMILES string of the molecule is CC(C)C(=O)N(C1CC1)[C@H](CO)CC(C)(C)C. The highest BCUT2D eigenvalue weighted by molar-refractivity contribution is 5.79. The molecule has 0 spiro atoms. The minimum Gasteiger partial charge on any atom is -0.394 e. The molecule has 0 aromatic rings. The number of rotatable bonds is 5. The lowest BCUT2D eigenvalue weighted by Gasteiger charge is -2.36. The van der Waals surface area contributed by atoms with E-state index in [4.69, 9.17) is 0 Å². The van der Waals surface area contributed by atoms with Crippen molar-refractivity contribution in [3.63, 3.8) is 0 Å². The molecule has 0 aromatic heterocycles. The van der Waals surface area contributed by atoms with Crippen LogP contribution in [-0.2, 0) is 4.79 Å². The van der Waals surface area contributed by atoms with Gasteiger partial charge in [-0.25, -0.2) is 0 Å². The Bertz CT molecular complexity index is 264. The van der Waals surface area contributed by atoms with Gasteiger partial charge >= 0.3 is 0 Å². The van der Waals surface area contributed by atoms with Crippen LogP contribution in [0.5, 0.6) is 0 Å². The van der Waals surface area contributed by atoms with E-state index in [1.165, 1.54) is 0 Å². The summed E-state index contributed by atoms with van der Waals surface area (Å²) in [6.45, 7) is 10.4. The van der Waals surface area contributed by atoms with Gasteiger partial charge in [-0.05, 0) is 24.7 Å². The molecule has 1 rings (SSSR count). The first-order valence-electron chi connectivity index (χ1n) is 6.69. The summed E-state index contributed by atoms with van der Waals surface area (Å²) in [4.78, 5) is 14.2. The Morgan fingerprint density at radius 2 is 1.88 bits per heavy atom. The van der Waals surface area contributed by atoms with Crippen molar-refractivity contribution in [1.29, 1.82) is 0 Å². The fourth-order valence-electron chi connectivity index (χ4n) is 2.27. The minimum atomic E-state index is -0.0163. The molecule has 3 heteroatoms. The van der Waals surface area contributed by atoms with E-state index >= 15 is 0 Å². The van der Waals surface area contributed by atoms with E-state index in [2.05, 4.69) is 20.8 Å². The molecule has 1 saturated carbocycles. The molecule has 100 valence electrons. The molecule has 17 heavy (non-hydrogen) atoms. The topological polar surface area (TPSA) is 40.5 Å². The maximum atomic E-state index is 12.2. The molecular weight excluding hydrogens is 214 g/mol. The second kappa shape index (κ2) is 5.38. The van der Waals surface area contributed by atoms with Gasteiger partial charge in [0.1, 0.15) is 0 Å². The van der Waals surface area contributed by atoms with E-state index in [0.717, 1.165) is 19.3 Å². The number of hydrogen-bond donors (Lipinski definition) is 1. The van der Waals surface area contributed by atoms with Gasteiger partial charge in [-0.1, -0.05) is 34.6 Å². The highest BCUT2D eigenvalue weighted by atomic mass is 16.3. The third-order valence-corrected chi connectivity index (χ3v) is 3.14. The predicted molar refractivity (Wildman–Crippen MR) is 69.7 cm³/mol. The number of amides is 1. The molecule has 0 heterocycles. The Labute approximate surface area is 105 Å². The third-order valence-electron chi connectivity index (χ3n) is 3.14. The smallest absolute Gasteiger partial charge is 0.225 e. The number of carbonyl (C=O) groups is 1. The van der Waals surface area contributed by atoms with Gasteiger partial charge in [0.25, 0.3) is 0 Å². The van der Waals surface area contributed by atoms with E-state index in [9.17, 15) is 9.90 Å². The predicted octanol–water partition coefficient (Wildman–Crippen LogP) is 2.43. The van der Waals surface area contributed by atoms with Crippen molar-refractivity contribution in [1.82, 2.24) is 4.90 Å². The molecule has 1 aliphatic carbocycles. The van der Waals surface area contributed by atoms with Crippen molar-refractivity contribution in [2.45, 2.75) is 66.0 Å². The summed E-state index contributed by atoms with van der Waals surface area (Å²) in [6.07, 6.45) is 3.05. The van der Waals surface area contributed by atoms with Gasteiger partial charge in [-0.2, -0.15) is 0 Å². The molecule has 1 aliphatic rings. The first-order valence-corrected chi connectivity index (χ1v) is 6.69. The molecule has 1 atom stereocenters. The molecule has 3 nitrogen and oxygen atoms in total. The van der Waals surface area contributed by atoms with E-state index in [-0.39, 0.29) is 29.9 Å². The van der Waals surface area contributed by atoms with Crippen LogP contribution in [0.4, 0.5) is 0 Å². The zero-order valence-corrected chi connectivity index (χ0v) is 11.9. The van der Waals surface area contributed by atoms with Crippen molar-refractivity contribution in [3.8, 4) is 0 Å². The number of aliphatic hydroxyl groups excluding tert-OH is 1. The Kier molecular flexibility index (Phi) is 4.59. The first-order chi connectivity index (χ1) is 7.76. The summed E-state index contributed by atoms with van der Waals surface area (Å²) in [5, 5.41) is 9.57. The number of aliphatic hydroxyl groups is 1. The maximum Gasteiger partial charge on any atom is 0.225 e. The summed E-state index contributed by atoms with van der Waals surface area (Å²) in [5.74, 6) is 0.209. The van der Waals surface area contributed by atoms with Crippen LogP contribution in [0.3, 0.4) is 0 Å². The van der Waals surface area contributed by atoms with Crippen LogP contribution < -0.4 is 0 Å². The largest absolute Gasteiger partial charge is 0.394 e. The average molecular weight is 241 g/mol. The van der Waals surface area contributed by atoms with Crippen molar-refractivity contribution in [2.24, 2.45) is 11.3 Å². The van der Waals surface area contributed by atoms with Gasteiger partial charge in [-0.15, -0.1) is 0 Å². The summed E-state index contributed by atoms with van der Waals surface area (Å²) in [7, 11) is 0. The van der Waals surface area contributed by atoms with Gasteiger partial charge in [0.15, 0.2) is 0 Å². The third kappa shape index (κ3) is 4.30. The van der Waals surface area contributed by atoms with Crippen LogP contribution >= 0.6 is 0 Å². The zero-order chi connectivity index (χ0) is 13.2. The molecule has 0 radical (unpaired) electrons. The van der Waals surface area contributed by atoms with Crippen LogP contribution in [-0.4, -0.2) is 34.6 Å². The van der Waals surface area contributed by atoms with E-state index in [0.29, 0.717) is 6.04 Å². The van der Waals surface area contributed by atoms with Gasteiger partial charge in [0.2, 0.25) is 5.91 Å². The van der Waals surface area contributed by atoms with Crippen LogP contribution in [0, 0.1) is 11.3 Å². The molecule has 0 saturated heterocycles. The van der Waals surface area contributed by atoms with Crippen LogP contribution in [0.25, 0.3) is 0 Å². The summed E-state index contributed by atoms with van der Waals surface area (Å²) in [6, 6.07) is 0.363. The highest BCUT2D eigenvalue weighted by Crippen LogP contribution is 2.33. The fourth-order valence-corrected chi connectivity index (χ4v) is 2.27. The van der Waals surface area contributed by atoms with Crippen LogP contribution in [0.2, 0.25) is 0 Å². The lowest BCUT2D eigenvalue weighted by molar-refractivity contribution is -0.139. The second-order valence-corrected chi connectivity index (χ2v) is 6.73. The number of nitrogens with zero attached hydrogens (tertiary/aromatic N) is 1. The summed E-state index contributed by atoms with van der Waals surface area (Å²) >= 11 is 0. The average Bonchev–Trinajstić information content (AvgIpc) is 2.98. The molecule has 0 aromatic carbocycles. The number of carbonyl (C=O) groups excluding carboxylic acids is 1. The molecular formula is C14H27NO2. The Hall–Kier alpha value is -0.570. The van der Waals surface area contributed by atoms with E-state index in [1.807, 2.05) is 18.7 Å². The molecule has 1 N–H and O–H groups in total. The standard InChI is InChI=1S/C14H27NO2/c1-10(2)13(17)15(11-6-7-11)12(9-16)8-14(3,4)5/h10-12,16H,6-9H2,1-5H3/t12-/m0/s1. The Morgan fingerprint density at radius 1 is 1.35 bits per heavy atom. The van der Waals surface area contributed by atoms with Gasteiger partial charge in [-0.3, -0.25) is 4.79 Å². The van der Waals surface area contributed by atoms with Crippen molar-refractivity contribution in [3.05, 3.63) is 0 Å². The zero-order valence-electron chi connectivity index (χ0n) is 11.9. The molecule has 0 unspecified atom stereocenters. The highest BCUT2D eigenvalue weighted by Gasteiger charge is 2.38. The van der Waals surface area contributed by atoms with Crippen LogP contribution in [0.1, 0.15) is 53.9 Å². The molecule has 1 amide bonds. The van der Waals surface area contributed by atoms with Gasteiger partial charge in [0.05, 0.1) is 12.6 Å². The van der Waals surface area contributed by atoms with Crippen molar-refractivity contribution in [2.75, 3.05) is 6.61 Å². The Balaban J connectivity index is 2.76. The van der Waals surface area contributed by atoms with Crippen molar-refractivity contribution >= 4 is 5.91 Å². The molecule has 1 fully saturated rings. The summed E-state index contributed by atoms with van der Waals surface area (Å²) in [5.41, 5.74) is 0.137. The minimum absolute atomic E-state index is 0.0163. The monoisotopic (exact) mass is 241 g/mol. The Morgan fingerprint density at radius 3 is 2.18 bits per heavy atom. The second-order valence-electron chi connectivity index (χ2n) is 6.73. The number of hydrogen-bond acceptors (Lipinski definition) is 2. The van der Waals surface area contributed by atoms with Gasteiger partial charge in [0, 0.05) is 12.0 Å². The van der Waals surface area contributed by atoms with E-state index < -0.39 is 0 Å². The lowest BCUT2D eigenvalue weighted by Crippen LogP contribution is -2.47. The summed E-state index contributed by atoms with van der Waals surface area (Å²) < 4.78 is 0. The van der Waals surface area contributed by atoms with Crippen molar-refractivity contribution < 1.29 is 9.90 Å². The van der Waals surface area contributed by atoms with Crippen LogP contribution in [0.15, 0.2) is 0 Å². The first kappa shape index (κ1) is 14.5. The molecule has 0 aliphatic heterocycles. The fraction of sp³-hybridized carbons (Fsp3) is 0.929. The molecule has 0 bridgehead atoms. The van der Waals surface area contributed by atoms with Gasteiger partial charge < -0.3 is 10.0 Å². The van der Waals surface area contributed by atoms with E-state index in [1.54, 1.807) is 0 Å². The lowest BCUT2D eigenvalue weighted by atomic mass is 9.87. The normalized spacial score (nSPS) is 18.3. The quantitative estimate of drug-likeness (QED) is 0.803.